The maximum absolute atomic E-state index is 8.48. The highest BCUT2D eigenvalue weighted by Gasteiger charge is 2.01. The largest absolute Gasteiger partial charge is 0.312 e. The molecule has 0 bridgehead atoms. The summed E-state index contributed by atoms with van der Waals surface area (Å²) >= 11 is 2.21. The van der Waals surface area contributed by atoms with Gasteiger partial charge in [0.1, 0.15) is 6.04 Å². The quantitative estimate of drug-likeness (QED) is 0.781. The van der Waals surface area contributed by atoms with Gasteiger partial charge >= 0.3 is 0 Å². The van der Waals surface area contributed by atoms with Crippen molar-refractivity contribution in [3.63, 3.8) is 0 Å². The summed E-state index contributed by atoms with van der Waals surface area (Å²) < 4.78 is 1.15. The molecule has 1 aromatic carbocycles. The maximum Gasteiger partial charge on any atom is 0.118 e. The highest BCUT2D eigenvalue weighted by molar-refractivity contribution is 14.1. The first kappa shape index (κ1) is 8.50. The molecule has 0 radical (unpaired) electrons. The first-order valence-electron chi connectivity index (χ1n) is 3.14. The highest BCUT2D eigenvalue weighted by Crippen LogP contribution is 2.11. The third kappa shape index (κ3) is 2.17. The average Bonchev–Trinajstić information content (AvgIpc) is 2.05. The number of hydrogen-bond donors (Lipinski definition) is 1. The third-order valence-corrected chi connectivity index (χ3v) is 2.09. The Balaban J connectivity index is 2.92. The number of nitrogens with zero attached hydrogens (tertiary/aromatic N) is 1. The molecule has 1 aromatic rings. The SMILES string of the molecule is N#CC(N)c1ccc(I)cc1. The maximum atomic E-state index is 8.48. The van der Waals surface area contributed by atoms with Crippen LogP contribution in [0.1, 0.15) is 11.6 Å². The molecule has 2 N–H and O–H groups in total. The Bertz CT molecular complexity index is 273. The summed E-state index contributed by atoms with van der Waals surface area (Å²) in [5, 5.41) is 8.48. The molecule has 0 aromatic heterocycles. The van der Waals surface area contributed by atoms with E-state index in [2.05, 4.69) is 22.6 Å². The van der Waals surface area contributed by atoms with Crippen LogP contribution in [0.2, 0.25) is 0 Å². The predicted molar refractivity (Wildman–Crippen MR) is 51.7 cm³/mol. The fraction of sp³-hybridized carbons (Fsp3) is 0.125. The zero-order valence-corrected chi connectivity index (χ0v) is 7.95. The van der Waals surface area contributed by atoms with Crippen molar-refractivity contribution in [3.05, 3.63) is 33.4 Å². The molecule has 1 atom stereocenters. The number of hydrogen-bond acceptors (Lipinski definition) is 2. The van der Waals surface area contributed by atoms with Gasteiger partial charge in [-0.25, -0.2) is 0 Å². The molecule has 0 fully saturated rings. The van der Waals surface area contributed by atoms with E-state index in [4.69, 9.17) is 11.0 Å². The Morgan fingerprint density at radius 3 is 2.36 bits per heavy atom. The lowest BCUT2D eigenvalue weighted by molar-refractivity contribution is 0.926. The first-order chi connectivity index (χ1) is 5.24. The summed E-state index contributed by atoms with van der Waals surface area (Å²) in [6.45, 7) is 0. The number of nitrogens with two attached hydrogens (primary N) is 1. The van der Waals surface area contributed by atoms with Crippen molar-refractivity contribution >= 4 is 22.6 Å². The van der Waals surface area contributed by atoms with Crippen LogP contribution in [-0.2, 0) is 0 Å². The number of nitriles is 1. The zero-order valence-electron chi connectivity index (χ0n) is 5.79. The second-order valence-electron chi connectivity index (χ2n) is 2.16. The number of rotatable bonds is 1. The average molecular weight is 258 g/mol. The van der Waals surface area contributed by atoms with Crippen molar-refractivity contribution in [2.75, 3.05) is 0 Å². The van der Waals surface area contributed by atoms with E-state index in [1.807, 2.05) is 30.3 Å². The van der Waals surface area contributed by atoms with E-state index in [1.165, 1.54) is 0 Å². The molecule has 0 aliphatic rings. The molecule has 0 spiro atoms. The van der Waals surface area contributed by atoms with Gasteiger partial charge in [-0.1, -0.05) is 12.1 Å². The molecule has 56 valence electrons. The van der Waals surface area contributed by atoms with E-state index in [1.54, 1.807) is 0 Å². The second-order valence-corrected chi connectivity index (χ2v) is 3.40. The number of benzene rings is 1. The summed E-state index contributed by atoms with van der Waals surface area (Å²) in [6, 6.07) is 9.10. The Morgan fingerprint density at radius 1 is 1.36 bits per heavy atom. The van der Waals surface area contributed by atoms with E-state index in [-0.39, 0.29) is 0 Å². The lowest BCUT2D eigenvalue weighted by atomic mass is 10.1. The van der Waals surface area contributed by atoms with Crippen molar-refractivity contribution in [1.29, 1.82) is 5.26 Å². The smallest absolute Gasteiger partial charge is 0.118 e. The van der Waals surface area contributed by atoms with Gasteiger partial charge in [-0.2, -0.15) is 5.26 Å². The van der Waals surface area contributed by atoms with Gasteiger partial charge in [-0.3, -0.25) is 0 Å². The van der Waals surface area contributed by atoms with Crippen LogP contribution in [0.4, 0.5) is 0 Å². The van der Waals surface area contributed by atoms with Gasteiger partial charge in [0.05, 0.1) is 6.07 Å². The number of halogens is 1. The normalized spacial score (nSPS) is 12.1. The van der Waals surface area contributed by atoms with Crippen LogP contribution < -0.4 is 5.73 Å². The molecule has 0 saturated heterocycles. The van der Waals surface area contributed by atoms with Crippen molar-refractivity contribution < 1.29 is 0 Å². The van der Waals surface area contributed by atoms with E-state index in [9.17, 15) is 0 Å². The third-order valence-electron chi connectivity index (χ3n) is 1.37. The molecular formula is C8H7IN2. The Kier molecular flexibility index (Phi) is 2.85. The van der Waals surface area contributed by atoms with E-state index >= 15 is 0 Å². The van der Waals surface area contributed by atoms with Gasteiger partial charge in [0.25, 0.3) is 0 Å². The molecule has 1 rings (SSSR count). The highest BCUT2D eigenvalue weighted by atomic mass is 127. The van der Waals surface area contributed by atoms with Crippen molar-refractivity contribution in [1.82, 2.24) is 0 Å². The standard InChI is InChI=1S/C8H7IN2/c9-7-3-1-6(2-4-7)8(11)5-10/h1-4,8H,11H2. The Morgan fingerprint density at radius 2 is 1.91 bits per heavy atom. The van der Waals surface area contributed by atoms with Crippen LogP contribution in [0.3, 0.4) is 0 Å². The monoisotopic (exact) mass is 258 g/mol. The molecular weight excluding hydrogens is 251 g/mol. The molecule has 0 aliphatic carbocycles. The summed E-state index contributed by atoms with van der Waals surface area (Å²) in [7, 11) is 0. The first-order valence-corrected chi connectivity index (χ1v) is 4.22. The lowest BCUT2D eigenvalue weighted by Crippen LogP contribution is -2.06. The topological polar surface area (TPSA) is 49.8 Å². The second kappa shape index (κ2) is 3.69. The van der Waals surface area contributed by atoms with Gasteiger partial charge in [0.2, 0.25) is 0 Å². The molecule has 3 heteroatoms. The Labute approximate surface area is 79.2 Å². The molecule has 0 saturated carbocycles. The minimum atomic E-state index is -0.494. The molecule has 2 nitrogen and oxygen atoms in total. The van der Waals surface area contributed by atoms with Crippen LogP contribution in [0.25, 0.3) is 0 Å². The van der Waals surface area contributed by atoms with E-state index in [0.29, 0.717) is 0 Å². The van der Waals surface area contributed by atoms with Crippen molar-refractivity contribution in [2.45, 2.75) is 6.04 Å². The van der Waals surface area contributed by atoms with Crippen molar-refractivity contribution in [2.24, 2.45) is 5.73 Å². The molecule has 0 heterocycles. The van der Waals surface area contributed by atoms with Crippen LogP contribution >= 0.6 is 22.6 Å². The molecule has 11 heavy (non-hydrogen) atoms. The fourth-order valence-corrected chi connectivity index (χ4v) is 1.10. The van der Waals surface area contributed by atoms with Gasteiger partial charge in [0, 0.05) is 3.57 Å². The minimum Gasteiger partial charge on any atom is -0.312 e. The van der Waals surface area contributed by atoms with Crippen LogP contribution in [0.5, 0.6) is 0 Å². The van der Waals surface area contributed by atoms with Gasteiger partial charge in [0.15, 0.2) is 0 Å². The predicted octanol–water partition coefficient (Wildman–Crippen LogP) is 1.81. The minimum absolute atomic E-state index is 0.494. The molecule has 0 aliphatic heterocycles. The summed E-state index contributed by atoms with van der Waals surface area (Å²) in [6.07, 6.45) is 0. The Hall–Kier alpha value is -0.600. The lowest BCUT2D eigenvalue weighted by Gasteiger charge is -2.01. The van der Waals surface area contributed by atoms with Crippen molar-refractivity contribution in [3.8, 4) is 6.07 Å². The van der Waals surface area contributed by atoms with Gasteiger partial charge < -0.3 is 5.73 Å². The van der Waals surface area contributed by atoms with Crippen LogP contribution in [0, 0.1) is 14.9 Å². The molecule has 1 unspecified atom stereocenters. The molecule has 0 amide bonds. The fourth-order valence-electron chi connectivity index (χ4n) is 0.745. The van der Waals surface area contributed by atoms with E-state index < -0.39 is 6.04 Å². The summed E-state index contributed by atoms with van der Waals surface area (Å²) in [5.74, 6) is 0. The van der Waals surface area contributed by atoms with Gasteiger partial charge in [-0.05, 0) is 40.3 Å². The summed E-state index contributed by atoms with van der Waals surface area (Å²) in [5.41, 5.74) is 6.35. The van der Waals surface area contributed by atoms with Gasteiger partial charge in [-0.15, -0.1) is 0 Å². The van der Waals surface area contributed by atoms with Crippen LogP contribution in [0.15, 0.2) is 24.3 Å². The van der Waals surface area contributed by atoms with E-state index in [0.717, 1.165) is 9.13 Å². The summed E-state index contributed by atoms with van der Waals surface area (Å²) in [4.78, 5) is 0. The van der Waals surface area contributed by atoms with Crippen LogP contribution in [-0.4, -0.2) is 0 Å². The zero-order chi connectivity index (χ0) is 8.27.